The second kappa shape index (κ2) is 5.00. The van der Waals surface area contributed by atoms with Gasteiger partial charge in [0, 0.05) is 6.04 Å². The number of aliphatic hydroxyl groups is 1. The van der Waals surface area contributed by atoms with Gasteiger partial charge in [-0.05, 0) is 31.2 Å². The van der Waals surface area contributed by atoms with Crippen molar-refractivity contribution in [3.63, 3.8) is 0 Å². The topological polar surface area (TPSA) is 72.7 Å². The predicted octanol–water partition coefficient (Wildman–Crippen LogP) is 1.13. The van der Waals surface area contributed by atoms with Gasteiger partial charge in [0.25, 0.3) is 0 Å². The van der Waals surface area contributed by atoms with Crippen LogP contribution in [0.1, 0.15) is 25.5 Å². The van der Waals surface area contributed by atoms with Gasteiger partial charge in [0.05, 0.1) is 6.10 Å². The normalized spacial score (nSPS) is 14.9. The minimum Gasteiger partial charge on any atom is -0.504 e. The van der Waals surface area contributed by atoms with E-state index >= 15 is 0 Å². The van der Waals surface area contributed by atoms with E-state index in [1.807, 2.05) is 13.8 Å². The number of aliphatic hydroxyl groups excluding tert-OH is 1. The van der Waals surface area contributed by atoms with E-state index in [1.54, 1.807) is 6.07 Å². The summed E-state index contributed by atoms with van der Waals surface area (Å²) in [5.41, 5.74) is 0.582. The summed E-state index contributed by atoms with van der Waals surface area (Å²) >= 11 is 0. The largest absolute Gasteiger partial charge is 0.504 e. The molecule has 1 aromatic carbocycles. The van der Waals surface area contributed by atoms with E-state index in [1.165, 1.54) is 12.1 Å². The molecule has 0 radical (unpaired) electrons. The monoisotopic (exact) mass is 211 g/mol. The first kappa shape index (κ1) is 11.8. The van der Waals surface area contributed by atoms with Crippen molar-refractivity contribution in [1.82, 2.24) is 5.32 Å². The Hall–Kier alpha value is -1.26. The number of phenols is 2. The fourth-order valence-electron chi connectivity index (χ4n) is 1.45. The smallest absolute Gasteiger partial charge is 0.157 e. The highest BCUT2D eigenvalue weighted by molar-refractivity contribution is 5.41. The molecule has 0 heterocycles. The van der Waals surface area contributed by atoms with Crippen LogP contribution in [0.4, 0.5) is 0 Å². The Balaban J connectivity index is 2.81. The van der Waals surface area contributed by atoms with Gasteiger partial charge in [-0.3, -0.25) is 0 Å². The Kier molecular flexibility index (Phi) is 3.94. The van der Waals surface area contributed by atoms with Crippen LogP contribution in [0.5, 0.6) is 11.5 Å². The van der Waals surface area contributed by atoms with Gasteiger partial charge < -0.3 is 20.6 Å². The quantitative estimate of drug-likeness (QED) is 0.563. The first-order valence-corrected chi connectivity index (χ1v) is 4.99. The standard InChI is InChI=1S/C11H17NO3/c1-3-12-7(2)11(15)8-4-5-9(13)10(14)6-8/h4-7,11-15H,3H2,1-2H3/t7-,11-/m0/s1. The van der Waals surface area contributed by atoms with Crippen LogP contribution in [-0.2, 0) is 0 Å². The molecule has 0 unspecified atom stereocenters. The third-order valence-corrected chi connectivity index (χ3v) is 2.34. The average Bonchev–Trinajstić information content (AvgIpc) is 2.21. The molecule has 0 saturated carbocycles. The molecule has 1 aromatic rings. The maximum atomic E-state index is 9.88. The Bertz CT molecular complexity index is 328. The van der Waals surface area contributed by atoms with E-state index in [0.717, 1.165) is 6.54 Å². The van der Waals surface area contributed by atoms with Crippen LogP contribution in [0.15, 0.2) is 18.2 Å². The number of phenolic OH excluding ortho intramolecular Hbond substituents is 2. The van der Waals surface area contributed by atoms with Crippen molar-refractivity contribution in [3.8, 4) is 11.5 Å². The summed E-state index contributed by atoms with van der Waals surface area (Å²) < 4.78 is 0. The Morgan fingerprint density at radius 2 is 1.93 bits per heavy atom. The third-order valence-electron chi connectivity index (χ3n) is 2.34. The summed E-state index contributed by atoms with van der Waals surface area (Å²) in [4.78, 5) is 0. The maximum absolute atomic E-state index is 9.88. The molecule has 0 aliphatic rings. The minimum atomic E-state index is -0.698. The highest BCUT2D eigenvalue weighted by atomic mass is 16.3. The Morgan fingerprint density at radius 3 is 2.47 bits per heavy atom. The molecule has 15 heavy (non-hydrogen) atoms. The van der Waals surface area contributed by atoms with E-state index in [4.69, 9.17) is 5.11 Å². The van der Waals surface area contributed by atoms with Crippen molar-refractivity contribution in [2.45, 2.75) is 26.0 Å². The lowest BCUT2D eigenvalue weighted by atomic mass is 10.0. The van der Waals surface area contributed by atoms with E-state index < -0.39 is 6.10 Å². The molecule has 4 heteroatoms. The summed E-state index contributed by atoms with van der Waals surface area (Å²) in [6.07, 6.45) is -0.698. The van der Waals surface area contributed by atoms with Crippen LogP contribution in [-0.4, -0.2) is 27.9 Å². The van der Waals surface area contributed by atoms with Crippen LogP contribution in [0, 0.1) is 0 Å². The lowest BCUT2D eigenvalue weighted by molar-refractivity contribution is 0.137. The number of rotatable bonds is 4. The van der Waals surface area contributed by atoms with Gasteiger partial charge in [-0.2, -0.15) is 0 Å². The van der Waals surface area contributed by atoms with Crippen molar-refractivity contribution in [1.29, 1.82) is 0 Å². The molecule has 0 aliphatic carbocycles. The van der Waals surface area contributed by atoms with Crippen LogP contribution in [0.3, 0.4) is 0 Å². The van der Waals surface area contributed by atoms with Crippen LogP contribution in [0.25, 0.3) is 0 Å². The number of aromatic hydroxyl groups is 2. The molecule has 0 fully saturated rings. The third kappa shape index (κ3) is 2.84. The lowest BCUT2D eigenvalue weighted by Crippen LogP contribution is -2.31. The maximum Gasteiger partial charge on any atom is 0.157 e. The first-order valence-electron chi connectivity index (χ1n) is 4.99. The molecule has 0 spiro atoms. The van der Waals surface area contributed by atoms with Crippen LogP contribution in [0.2, 0.25) is 0 Å². The minimum absolute atomic E-state index is 0.0982. The molecule has 84 valence electrons. The second-order valence-corrected chi connectivity index (χ2v) is 3.54. The molecular formula is C11H17NO3. The van der Waals surface area contributed by atoms with Gasteiger partial charge in [-0.15, -0.1) is 0 Å². The molecule has 0 saturated heterocycles. The molecule has 0 aliphatic heterocycles. The van der Waals surface area contributed by atoms with Gasteiger partial charge >= 0.3 is 0 Å². The summed E-state index contributed by atoms with van der Waals surface area (Å²) in [6.45, 7) is 4.58. The molecule has 2 atom stereocenters. The van der Waals surface area contributed by atoms with Crippen molar-refractivity contribution in [2.24, 2.45) is 0 Å². The van der Waals surface area contributed by atoms with E-state index in [2.05, 4.69) is 5.32 Å². The molecule has 0 aromatic heterocycles. The van der Waals surface area contributed by atoms with Crippen molar-refractivity contribution in [3.05, 3.63) is 23.8 Å². The van der Waals surface area contributed by atoms with Crippen molar-refractivity contribution in [2.75, 3.05) is 6.54 Å². The summed E-state index contributed by atoms with van der Waals surface area (Å²) in [7, 11) is 0. The SMILES string of the molecule is CCN[C@@H](C)[C@H](O)c1ccc(O)c(O)c1. The number of likely N-dealkylation sites (N-methyl/N-ethyl adjacent to an activating group) is 1. The van der Waals surface area contributed by atoms with Crippen LogP contribution >= 0.6 is 0 Å². The summed E-state index contributed by atoms with van der Waals surface area (Å²) in [6, 6.07) is 4.23. The van der Waals surface area contributed by atoms with Crippen LogP contribution < -0.4 is 5.32 Å². The molecular weight excluding hydrogens is 194 g/mol. The number of benzene rings is 1. The zero-order valence-electron chi connectivity index (χ0n) is 8.94. The van der Waals surface area contributed by atoms with Gasteiger partial charge in [-0.25, -0.2) is 0 Å². The van der Waals surface area contributed by atoms with Gasteiger partial charge in [0.1, 0.15) is 0 Å². The highest BCUT2D eigenvalue weighted by Crippen LogP contribution is 2.28. The first-order chi connectivity index (χ1) is 7.06. The van der Waals surface area contributed by atoms with Gasteiger partial charge in [0.15, 0.2) is 11.5 Å². The molecule has 0 amide bonds. The Labute approximate surface area is 89.2 Å². The lowest BCUT2D eigenvalue weighted by Gasteiger charge is -2.20. The van der Waals surface area contributed by atoms with E-state index in [-0.39, 0.29) is 17.5 Å². The number of hydrogen-bond acceptors (Lipinski definition) is 4. The van der Waals surface area contributed by atoms with Crippen molar-refractivity contribution >= 4 is 0 Å². The zero-order valence-corrected chi connectivity index (χ0v) is 8.94. The fraction of sp³-hybridized carbons (Fsp3) is 0.455. The molecule has 1 rings (SSSR count). The number of hydrogen-bond donors (Lipinski definition) is 4. The summed E-state index contributed by atoms with van der Waals surface area (Å²) in [5, 5.41) is 31.4. The fourth-order valence-corrected chi connectivity index (χ4v) is 1.45. The molecule has 4 nitrogen and oxygen atoms in total. The van der Waals surface area contributed by atoms with Gasteiger partial charge in [-0.1, -0.05) is 13.0 Å². The molecule has 0 bridgehead atoms. The van der Waals surface area contributed by atoms with Crippen molar-refractivity contribution < 1.29 is 15.3 Å². The van der Waals surface area contributed by atoms with E-state index in [0.29, 0.717) is 5.56 Å². The highest BCUT2D eigenvalue weighted by Gasteiger charge is 2.16. The van der Waals surface area contributed by atoms with Gasteiger partial charge in [0.2, 0.25) is 0 Å². The zero-order chi connectivity index (χ0) is 11.4. The predicted molar refractivity (Wildman–Crippen MR) is 57.9 cm³/mol. The second-order valence-electron chi connectivity index (χ2n) is 3.54. The Morgan fingerprint density at radius 1 is 1.27 bits per heavy atom. The van der Waals surface area contributed by atoms with E-state index in [9.17, 15) is 10.2 Å². The molecule has 4 N–H and O–H groups in total. The average molecular weight is 211 g/mol. The number of nitrogens with one attached hydrogen (secondary N) is 1. The summed E-state index contributed by atoms with van der Waals surface area (Å²) in [5.74, 6) is -0.391.